The van der Waals surface area contributed by atoms with Crippen molar-refractivity contribution in [1.82, 2.24) is 5.32 Å². The zero-order valence-corrected chi connectivity index (χ0v) is 21.6. The molecule has 1 heterocycles. The predicted octanol–water partition coefficient (Wildman–Crippen LogP) is 5.92. The Labute approximate surface area is 222 Å². The van der Waals surface area contributed by atoms with Crippen molar-refractivity contribution < 1.29 is 28.9 Å². The number of carbonyl (C=O) groups excluding carboxylic acids is 1. The molecule has 1 fully saturated rings. The maximum absolute atomic E-state index is 12.5. The number of benzene rings is 3. The molecule has 190 valence electrons. The van der Waals surface area contributed by atoms with E-state index in [9.17, 15) is 9.59 Å². The quantitative estimate of drug-likeness (QED) is 0.326. The molecule has 10 heteroatoms. The minimum absolute atomic E-state index is 0.170. The molecule has 4 rings (SSSR count). The third-order valence-corrected chi connectivity index (χ3v) is 6.36. The number of aliphatic imine (C=N–C) groups is 1. The Bertz CT molecular complexity index is 1370. The molecular weight excluding hydrogens is 516 g/mol. The number of amides is 1. The second-order valence-corrected chi connectivity index (χ2v) is 9.17. The Morgan fingerprint density at radius 2 is 1.84 bits per heavy atom. The van der Waals surface area contributed by atoms with Crippen LogP contribution in [0.3, 0.4) is 0 Å². The first-order valence-corrected chi connectivity index (χ1v) is 12.4. The number of nitrogens with one attached hydrogen (secondary N) is 1. The first-order valence-electron chi connectivity index (χ1n) is 11.2. The number of nitrogens with zero attached hydrogens (tertiary/aromatic N) is 1. The summed E-state index contributed by atoms with van der Waals surface area (Å²) in [7, 11) is 1.59. The van der Waals surface area contributed by atoms with E-state index in [1.807, 2.05) is 6.92 Å². The van der Waals surface area contributed by atoms with Gasteiger partial charge in [-0.15, -0.1) is 0 Å². The highest BCUT2D eigenvalue weighted by molar-refractivity contribution is 8.18. The standard InChI is InChI=1S/C27H23ClN2O6S/c1-3-35-22-13-17(12-21(28)24(22)36-15-16-4-6-18(7-5-16)26(32)33)14-23-25(31)30-27(37-23)29-19-8-10-20(34-2)11-9-19/h4-14H,3,15H2,1-2H3,(H,32,33)(H,29,30,31)/b23-14+. The molecule has 0 aliphatic carbocycles. The zero-order chi connectivity index (χ0) is 26.4. The lowest BCUT2D eigenvalue weighted by Gasteiger charge is -2.15. The van der Waals surface area contributed by atoms with Crippen LogP contribution < -0.4 is 19.5 Å². The molecule has 1 aliphatic rings. The summed E-state index contributed by atoms with van der Waals surface area (Å²) in [5, 5.41) is 12.6. The van der Waals surface area contributed by atoms with E-state index in [1.54, 1.807) is 61.7 Å². The summed E-state index contributed by atoms with van der Waals surface area (Å²) in [6.45, 7) is 2.40. The fourth-order valence-corrected chi connectivity index (χ4v) is 4.49. The van der Waals surface area contributed by atoms with Crippen molar-refractivity contribution in [3.05, 3.63) is 87.3 Å². The number of amidine groups is 1. The van der Waals surface area contributed by atoms with E-state index in [0.29, 0.717) is 44.5 Å². The molecule has 3 aromatic rings. The summed E-state index contributed by atoms with van der Waals surface area (Å²) in [5.74, 6) is 0.250. The van der Waals surface area contributed by atoms with Gasteiger partial charge in [0.05, 0.1) is 34.9 Å². The molecule has 0 bridgehead atoms. The smallest absolute Gasteiger partial charge is 0.335 e. The number of methoxy groups -OCH3 is 1. The third-order valence-electron chi connectivity index (χ3n) is 5.17. The summed E-state index contributed by atoms with van der Waals surface area (Å²) in [5.41, 5.74) is 2.32. The van der Waals surface area contributed by atoms with Crippen molar-refractivity contribution >= 4 is 52.2 Å². The van der Waals surface area contributed by atoms with Crippen LogP contribution >= 0.6 is 23.4 Å². The monoisotopic (exact) mass is 538 g/mol. The van der Waals surface area contributed by atoms with Crippen molar-refractivity contribution in [1.29, 1.82) is 0 Å². The Hall–Kier alpha value is -3.95. The molecule has 0 unspecified atom stereocenters. The molecule has 37 heavy (non-hydrogen) atoms. The number of rotatable bonds is 9. The van der Waals surface area contributed by atoms with Crippen LogP contribution in [0.15, 0.2) is 70.6 Å². The summed E-state index contributed by atoms with van der Waals surface area (Å²) in [4.78, 5) is 28.5. The van der Waals surface area contributed by atoms with E-state index in [1.165, 1.54) is 23.9 Å². The number of thioether (sulfide) groups is 1. The molecule has 0 radical (unpaired) electrons. The van der Waals surface area contributed by atoms with Gasteiger partial charge >= 0.3 is 5.97 Å². The fraction of sp³-hybridized carbons (Fsp3) is 0.148. The molecule has 2 N–H and O–H groups in total. The predicted molar refractivity (Wildman–Crippen MR) is 144 cm³/mol. The lowest BCUT2D eigenvalue weighted by Crippen LogP contribution is -2.19. The molecule has 0 aromatic heterocycles. The van der Waals surface area contributed by atoms with Crippen LogP contribution in [-0.2, 0) is 11.4 Å². The normalized spacial score (nSPS) is 15.1. The van der Waals surface area contributed by atoms with E-state index >= 15 is 0 Å². The van der Waals surface area contributed by atoms with Crippen LogP contribution in [0.1, 0.15) is 28.4 Å². The zero-order valence-electron chi connectivity index (χ0n) is 20.0. The highest BCUT2D eigenvalue weighted by Gasteiger charge is 2.24. The highest BCUT2D eigenvalue weighted by atomic mass is 35.5. The van der Waals surface area contributed by atoms with E-state index in [2.05, 4.69) is 10.3 Å². The SMILES string of the molecule is CCOc1cc(/C=C2/SC(=Nc3ccc(OC)cc3)NC2=O)cc(Cl)c1OCc1ccc(C(=O)O)cc1. The maximum atomic E-state index is 12.5. The number of hydrogen-bond donors (Lipinski definition) is 2. The number of hydrogen-bond acceptors (Lipinski definition) is 7. The summed E-state index contributed by atoms with van der Waals surface area (Å²) in [6.07, 6.45) is 1.71. The molecule has 0 saturated carbocycles. The first kappa shape index (κ1) is 26.1. The topological polar surface area (TPSA) is 106 Å². The second kappa shape index (κ2) is 11.9. The van der Waals surface area contributed by atoms with Gasteiger partial charge in [0.2, 0.25) is 0 Å². The molecule has 0 spiro atoms. The fourth-order valence-electron chi connectivity index (χ4n) is 3.38. The van der Waals surface area contributed by atoms with Gasteiger partial charge in [-0.1, -0.05) is 23.7 Å². The van der Waals surface area contributed by atoms with Crippen LogP contribution in [0, 0.1) is 0 Å². The average molecular weight is 539 g/mol. The van der Waals surface area contributed by atoms with Crippen molar-refractivity contribution in [3.8, 4) is 17.2 Å². The van der Waals surface area contributed by atoms with Crippen LogP contribution in [0.25, 0.3) is 6.08 Å². The second-order valence-electron chi connectivity index (χ2n) is 7.73. The summed E-state index contributed by atoms with van der Waals surface area (Å²) in [6, 6.07) is 17.0. The number of carbonyl (C=O) groups is 2. The van der Waals surface area contributed by atoms with Gasteiger partial charge in [-0.25, -0.2) is 9.79 Å². The summed E-state index contributed by atoms with van der Waals surface area (Å²) >= 11 is 7.75. The molecule has 1 saturated heterocycles. The molecular formula is C27H23ClN2O6S. The number of carboxylic acid groups (broad SMARTS) is 1. The Balaban J connectivity index is 1.52. The molecule has 1 aliphatic heterocycles. The number of halogens is 1. The minimum Gasteiger partial charge on any atom is -0.497 e. The highest BCUT2D eigenvalue weighted by Crippen LogP contribution is 2.39. The Morgan fingerprint density at radius 1 is 1.11 bits per heavy atom. The van der Waals surface area contributed by atoms with Crippen LogP contribution in [0.5, 0.6) is 17.2 Å². The van der Waals surface area contributed by atoms with Crippen LogP contribution in [0.2, 0.25) is 5.02 Å². The third kappa shape index (κ3) is 6.63. The van der Waals surface area contributed by atoms with E-state index < -0.39 is 5.97 Å². The van der Waals surface area contributed by atoms with Gasteiger partial charge in [-0.05, 0) is 84.4 Å². The van der Waals surface area contributed by atoms with E-state index in [4.69, 9.17) is 30.9 Å². The Kier molecular flexibility index (Phi) is 8.37. The van der Waals surface area contributed by atoms with Crippen molar-refractivity contribution in [2.45, 2.75) is 13.5 Å². The van der Waals surface area contributed by atoms with Crippen LogP contribution in [-0.4, -0.2) is 35.9 Å². The van der Waals surface area contributed by atoms with E-state index in [0.717, 1.165) is 11.3 Å². The summed E-state index contributed by atoms with van der Waals surface area (Å²) < 4.78 is 16.8. The number of aromatic carboxylic acids is 1. The average Bonchev–Trinajstić information content (AvgIpc) is 3.22. The number of carboxylic acids is 1. The molecule has 3 aromatic carbocycles. The van der Waals surface area contributed by atoms with Gasteiger partial charge < -0.3 is 24.6 Å². The minimum atomic E-state index is -0.993. The van der Waals surface area contributed by atoms with Gasteiger partial charge in [0.1, 0.15) is 12.4 Å². The van der Waals surface area contributed by atoms with Gasteiger partial charge in [-0.2, -0.15) is 0 Å². The lowest BCUT2D eigenvalue weighted by molar-refractivity contribution is -0.115. The maximum Gasteiger partial charge on any atom is 0.335 e. The van der Waals surface area contributed by atoms with E-state index in [-0.39, 0.29) is 18.1 Å². The lowest BCUT2D eigenvalue weighted by atomic mass is 10.1. The van der Waals surface area contributed by atoms with Crippen molar-refractivity contribution in [3.63, 3.8) is 0 Å². The van der Waals surface area contributed by atoms with Gasteiger partial charge in [0, 0.05) is 0 Å². The Morgan fingerprint density at radius 3 is 2.49 bits per heavy atom. The van der Waals surface area contributed by atoms with Gasteiger partial charge in [0.15, 0.2) is 16.7 Å². The largest absolute Gasteiger partial charge is 0.497 e. The van der Waals surface area contributed by atoms with Crippen molar-refractivity contribution in [2.75, 3.05) is 13.7 Å². The van der Waals surface area contributed by atoms with Gasteiger partial charge in [-0.3, -0.25) is 4.79 Å². The van der Waals surface area contributed by atoms with Crippen LogP contribution in [0.4, 0.5) is 5.69 Å². The molecule has 1 amide bonds. The van der Waals surface area contributed by atoms with Crippen molar-refractivity contribution in [2.24, 2.45) is 4.99 Å². The molecule has 8 nitrogen and oxygen atoms in total. The first-order chi connectivity index (χ1) is 17.9. The van der Waals surface area contributed by atoms with Gasteiger partial charge in [0.25, 0.3) is 5.91 Å². The number of ether oxygens (including phenoxy) is 3. The molecule has 0 atom stereocenters.